The third-order valence-corrected chi connectivity index (χ3v) is 5.77. The number of carbonyl (C=O) groups excluding carboxylic acids is 3. The lowest BCUT2D eigenvalue weighted by molar-refractivity contribution is -0.127. The fourth-order valence-corrected chi connectivity index (χ4v) is 3.97. The van der Waals surface area contributed by atoms with Gasteiger partial charge in [-0.1, -0.05) is 11.3 Å². The zero-order valence-electron chi connectivity index (χ0n) is 14.0. The third-order valence-electron chi connectivity index (χ3n) is 3.46. The Bertz CT molecular complexity index is 793. The van der Waals surface area contributed by atoms with Crippen LogP contribution in [-0.4, -0.2) is 49.1 Å². The fourth-order valence-electron chi connectivity index (χ4n) is 1.95. The van der Waals surface area contributed by atoms with Crippen LogP contribution in [0.2, 0.25) is 0 Å². The molecule has 2 aromatic heterocycles. The number of thiazole rings is 1. The summed E-state index contributed by atoms with van der Waals surface area (Å²) in [5.41, 5.74) is 0. The normalized spacial score (nSPS) is 14.8. The molecule has 8 nitrogen and oxygen atoms in total. The molecule has 1 fully saturated rings. The lowest BCUT2D eigenvalue weighted by Crippen LogP contribution is -2.45. The molecule has 1 unspecified atom stereocenters. The van der Waals surface area contributed by atoms with E-state index >= 15 is 0 Å². The van der Waals surface area contributed by atoms with E-state index in [0.29, 0.717) is 4.88 Å². The van der Waals surface area contributed by atoms with Crippen LogP contribution in [0.5, 0.6) is 0 Å². The Balaban J connectivity index is 1.57. The number of hydrogen-bond donors (Lipinski definition) is 2. The van der Waals surface area contributed by atoms with Gasteiger partial charge in [-0.2, -0.15) is 0 Å². The number of thiophene rings is 1. The maximum absolute atomic E-state index is 12.2. The molecule has 1 atom stereocenters. The highest BCUT2D eigenvalue weighted by Crippen LogP contribution is 2.34. The van der Waals surface area contributed by atoms with E-state index in [1.165, 1.54) is 29.6 Å². The number of nitrogens with one attached hydrogen (secondary N) is 2. The topological polar surface area (TPSA) is 101 Å². The molecule has 2 N–H and O–H groups in total. The Hall–Kier alpha value is -2.20. The minimum absolute atomic E-state index is 0.143. The van der Waals surface area contributed by atoms with E-state index in [2.05, 4.69) is 15.6 Å². The maximum atomic E-state index is 12.2. The first kappa shape index (κ1) is 17.6. The third kappa shape index (κ3) is 4.26. The van der Waals surface area contributed by atoms with E-state index < -0.39 is 24.0 Å². The number of esters is 1. The van der Waals surface area contributed by atoms with Crippen molar-refractivity contribution in [2.45, 2.75) is 31.9 Å². The predicted octanol–water partition coefficient (Wildman–Crippen LogP) is 1.96. The van der Waals surface area contributed by atoms with E-state index in [1.807, 2.05) is 19.0 Å². The number of urea groups is 1. The van der Waals surface area contributed by atoms with Crippen LogP contribution in [0.25, 0.3) is 9.53 Å². The molecule has 0 spiro atoms. The summed E-state index contributed by atoms with van der Waals surface area (Å²) < 4.78 is 6.03. The van der Waals surface area contributed by atoms with Gasteiger partial charge < -0.3 is 15.0 Å². The van der Waals surface area contributed by atoms with E-state index in [0.717, 1.165) is 27.5 Å². The van der Waals surface area contributed by atoms with Gasteiger partial charge in [0.15, 0.2) is 11.2 Å². The second-order valence-corrected chi connectivity index (χ2v) is 8.00. The van der Waals surface area contributed by atoms with Gasteiger partial charge in [-0.25, -0.2) is 14.6 Å². The fraction of sp³-hybridized carbons (Fsp3) is 0.467. The maximum Gasteiger partial charge on any atom is 0.349 e. The van der Waals surface area contributed by atoms with Crippen molar-refractivity contribution >= 4 is 55.2 Å². The van der Waals surface area contributed by atoms with Gasteiger partial charge in [-0.15, -0.1) is 11.3 Å². The standard InChI is InChI=1S/C15H18N4O4S2/c1-7(11(20)17-14(22)16-8-4-5-8)23-13(21)10-6-9-12(24-10)18-15(25-9)19(2)3/h6-8H,4-5H2,1-3H3,(H2,16,17,20,22). The Morgan fingerprint density at radius 1 is 1.32 bits per heavy atom. The number of carbonyl (C=O) groups is 3. The number of hydrogen-bond acceptors (Lipinski definition) is 8. The average molecular weight is 382 g/mol. The number of imide groups is 1. The Kier molecular flexibility index (Phi) is 4.91. The molecule has 3 amide bonds. The summed E-state index contributed by atoms with van der Waals surface area (Å²) in [7, 11) is 3.80. The molecule has 25 heavy (non-hydrogen) atoms. The minimum atomic E-state index is -1.07. The van der Waals surface area contributed by atoms with Gasteiger partial charge in [0.2, 0.25) is 0 Å². The van der Waals surface area contributed by atoms with Crippen molar-refractivity contribution < 1.29 is 19.1 Å². The monoisotopic (exact) mass is 382 g/mol. The molecule has 0 bridgehead atoms. The van der Waals surface area contributed by atoms with E-state index in [9.17, 15) is 14.4 Å². The molecule has 1 aliphatic carbocycles. The highest BCUT2D eigenvalue weighted by molar-refractivity contribution is 7.29. The smallest absolute Gasteiger partial charge is 0.349 e. The van der Waals surface area contributed by atoms with Crippen molar-refractivity contribution in [1.29, 1.82) is 0 Å². The largest absolute Gasteiger partial charge is 0.448 e. The predicted molar refractivity (Wildman–Crippen MR) is 96.4 cm³/mol. The summed E-state index contributed by atoms with van der Waals surface area (Å²) >= 11 is 2.69. The van der Waals surface area contributed by atoms with Gasteiger partial charge in [0, 0.05) is 20.1 Å². The molecule has 1 saturated carbocycles. The Morgan fingerprint density at radius 3 is 2.64 bits per heavy atom. The molecular formula is C15H18N4O4S2. The van der Waals surface area contributed by atoms with Crippen molar-refractivity contribution in [3.8, 4) is 0 Å². The lowest BCUT2D eigenvalue weighted by atomic mass is 10.3. The molecule has 0 saturated heterocycles. The lowest BCUT2D eigenvalue weighted by Gasteiger charge is -2.12. The summed E-state index contributed by atoms with van der Waals surface area (Å²) in [4.78, 5) is 43.1. The molecule has 134 valence electrons. The van der Waals surface area contributed by atoms with Crippen molar-refractivity contribution in [2.24, 2.45) is 0 Å². The first-order valence-corrected chi connectivity index (χ1v) is 9.37. The highest BCUT2D eigenvalue weighted by Gasteiger charge is 2.26. The zero-order chi connectivity index (χ0) is 18.1. The summed E-state index contributed by atoms with van der Waals surface area (Å²) in [6.45, 7) is 1.43. The molecule has 0 aromatic carbocycles. The first-order chi connectivity index (χ1) is 11.8. The van der Waals surface area contributed by atoms with Gasteiger partial charge in [-0.05, 0) is 25.8 Å². The SMILES string of the molecule is CC(OC(=O)c1cc2sc(N(C)C)nc2s1)C(=O)NC(=O)NC1CC1. The second kappa shape index (κ2) is 6.96. The van der Waals surface area contributed by atoms with Gasteiger partial charge >= 0.3 is 12.0 Å². The van der Waals surface area contributed by atoms with Crippen LogP contribution >= 0.6 is 22.7 Å². The number of anilines is 1. The Morgan fingerprint density at radius 2 is 2.04 bits per heavy atom. The number of rotatable bonds is 5. The highest BCUT2D eigenvalue weighted by atomic mass is 32.1. The van der Waals surface area contributed by atoms with Crippen LogP contribution in [0.3, 0.4) is 0 Å². The zero-order valence-corrected chi connectivity index (χ0v) is 15.6. The summed E-state index contributed by atoms with van der Waals surface area (Å²) in [5.74, 6) is -1.26. The van der Waals surface area contributed by atoms with Gasteiger partial charge in [-0.3, -0.25) is 10.1 Å². The number of fused-ring (bicyclic) bond motifs is 1. The molecule has 2 aromatic rings. The van der Waals surface area contributed by atoms with Crippen LogP contribution in [0.1, 0.15) is 29.4 Å². The molecule has 0 aliphatic heterocycles. The molecule has 10 heteroatoms. The summed E-state index contributed by atoms with van der Waals surface area (Å²) in [6.07, 6.45) is 0.777. The number of nitrogens with zero attached hydrogens (tertiary/aromatic N) is 2. The average Bonchev–Trinajstić information content (AvgIpc) is 3.09. The molecule has 3 rings (SSSR count). The second-order valence-electron chi connectivity index (χ2n) is 5.96. The van der Waals surface area contributed by atoms with Crippen LogP contribution in [-0.2, 0) is 9.53 Å². The van der Waals surface area contributed by atoms with Gasteiger partial charge in [0.25, 0.3) is 5.91 Å². The van der Waals surface area contributed by atoms with Crippen LogP contribution in [0.15, 0.2) is 6.07 Å². The summed E-state index contributed by atoms with van der Waals surface area (Å²) in [6, 6.07) is 1.29. The van der Waals surface area contributed by atoms with E-state index in [4.69, 9.17) is 4.74 Å². The van der Waals surface area contributed by atoms with E-state index in [-0.39, 0.29) is 6.04 Å². The van der Waals surface area contributed by atoms with Crippen LogP contribution in [0, 0.1) is 0 Å². The summed E-state index contributed by atoms with van der Waals surface area (Å²) in [5, 5.41) is 5.66. The molecule has 2 heterocycles. The van der Waals surface area contributed by atoms with Crippen LogP contribution in [0.4, 0.5) is 9.93 Å². The van der Waals surface area contributed by atoms with Crippen LogP contribution < -0.4 is 15.5 Å². The van der Waals surface area contributed by atoms with Crippen molar-refractivity contribution in [3.05, 3.63) is 10.9 Å². The Labute approximate surface area is 152 Å². The van der Waals surface area contributed by atoms with Crippen molar-refractivity contribution in [2.75, 3.05) is 19.0 Å². The molecule has 0 radical (unpaired) electrons. The minimum Gasteiger partial charge on any atom is -0.448 e. The number of aromatic nitrogens is 1. The molecule has 1 aliphatic rings. The van der Waals surface area contributed by atoms with E-state index in [1.54, 1.807) is 6.07 Å². The quantitative estimate of drug-likeness (QED) is 0.767. The van der Waals surface area contributed by atoms with Gasteiger partial charge in [0.1, 0.15) is 9.71 Å². The number of ether oxygens (including phenoxy) is 1. The van der Waals surface area contributed by atoms with Crippen molar-refractivity contribution in [1.82, 2.24) is 15.6 Å². The van der Waals surface area contributed by atoms with Gasteiger partial charge in [0.05, 0.1) is 4.70 Å². The number of amides is 3. The first-order valence-electron chi connectivity index (χ1n) is 7.73. The molecular weight excluding hydrogens is 364 g/mol. The van der Waals surface area contributed by atoms with Crippen molar-refractivity contribution in [3.63, 3.8) is 0 Å².